The van der Waals surface area contributed by atoms with Gasteiger partial charge in [-0.05, 0) is 24.3 Å². The van der Waals surface area contributed by atoms with Crippen LogP contribution in [0.4, 0.5) is 0 Å². The van der Waals surface area contributed by atoms with Crippen molar-refractivity contribution < 1.29 is 4.74 Å². The molecule has 0 spiro atoms. The van der Waals surface area contributed by atoms with Crippen molar-refractivity contribution in [1.29, 1.82) is 0 Å². The molecule has 0 bridgehead atoms. The summed E-state index contributed by atoms with van der Waals surface area (Å²) in [6.07, 6.45) is 0. The number of aromatic nitrogens is 4. The summed E-state index contributed by atoms with van der Waals surface area (Å²) < 4.78 is 7.62. The maximum Gasteiger partial charge on any atom is 0.191 e. The van der Waals surface area contributed by atoms with Crippen molar-refractivity contribution in [3.63, 3.8) is 0 Å². The van der Waals surface area contributed by atoms with Gasteiger partial charge in [0, 0.05) is 29.9 Å². The van der Waals surface area contributed by atoms with Crippen molar-refractivity contribution in [2.24, 2.45) is 7.05 Å². The molecule has 6 nitrogen and oxygen atoms in total. The summed E-state index contributed by atoms with van der Waals surface area (Å²) in [5.74, 6) is 2.05. The molecule has 0 aliphatic rings. The van der Waals surface area contributed by atoms with Gasteiger partial charge in [-0.3, -0.25) is 4.79 Å². The van der Waals surface area contributed by atoms with E-state index < -0.39 is 0 Å². The van der Waals surface area contributed by atoms with Gasteiger partial charge >= 0.3 is 0 Å². The number of ether oxygens (including phenoxy) is 1. The fraction of sp³-hybridized carbons (Fsp3) is 0.150. The van der Waals surface area contributed by atoms with Gasteiger partial charge < -0.3 is 14.3 Å². The first-order chi connectivity index (χ1) is 13.6. The molecular weight excluding hydrogens is 396 g/mol. The van der Waals surface area contributed by atoms with E-state index in [4.69, 9.17) is 16.3 Å². The molecule has 0 atom stereocenters. The topological polar surface area (TPSA) is 72.8 Å². The third-order valence-electron chi connectivity index (χ3n) is 4.26. The summed E-state index contributed by atoms with van der Waals surface area (Å²) in [6, 6.07) is 16.5. The van der Waals surface area contributed by atoms with Crippen molar-refractivity contribution in [3.05, 3.63) is 81.4 Å². The summed E-state index contributed by atoms with van der Waals surface area (Å²) in [5.41, 5.74) is 1.38. The first-order valence-electron chi connectivity index (χ1n) is 8.61. The highest BCUT2D eigenvalue weighted by molar-refractivity contribution is 7.98. The number of nitrogens with one attached hydrogen (secondary N) is 1. The Morgan fingerprint density at radius 3 is 2.79 bits per heavy atom. The Labute approximate surface area is 170 Å². The average Bonchev–Trinajstić information content (AvgIpc) is 3.06. The molecule has 2 aromatic carbocycles. The number of para-hydroxylation sites is 2. The summed E-state index contributed by atoms with van der Waals surface area (Å²) >= 11 is 7.70. The van der Waals surface area contributed by atoms with Crippen LogP contribution in [-0.4, -0.2) is 19.7 Å². The summed E-state index contributed by atoms with van der Waals surface area (Å²) in [7, 11) is 1.89. The number of halogens is 1. The molecule has 0 aliphatic carbocycles. The first kappa shape index (κ1) is 18.6. The zero-order chi connectivity index (χ0) is 19.5. The minimum Gasteiger partial charge on any atom is -0.486 e. The highest BCUT2D eigenvalue weighted by Gasteiger charge is 2.11. The molecule has 28 heavy (non-hydrogen) atoms. The molecule has 0 amide bonds. The Kier molecular flexibility index (Phi) is 5.36. The first-order valence-corrected chi connectivity index (χ1v) is 9.97. The molecule has 0 aliphatic heterocycles. The van der Waals surface area contributed by atoms with Crippen LogP contribution in [0.3, 0.4) is 0 Å². The van der Waals surface area contributed by atoms with E-state index in [1.807, 2.05) is 41.9 Å². The van der Waals surface area contributed by atoms with Crippen molar-refractivity contribution in [3.8, 4) is 5.75 Å². The fourth-order valence-corrected chi connectivity index (χ4v) is 3.83. The van der Waals surface area contributed by atoms with Gasteiger partial charge in [-0.25, -0.2) is 0 Å². The van der Waals surface area contributed by atoms with E-state index in [1.54, 1.807) is 24.3 Å². The molecule has 4 aromatic rings. The number of nitrogens with zero attached hydrogens (tertiary/aromatic N) is 3. The third kappa shape index (κ3) is 3.90. The number of H-pyrrole nitrogens is 1. The Morgan fingerprint density at radius 1 is 1.14 bits per heavy atom. The smallest absolute Gasteiger partial charge is 0.191 e. The quantitative estimate of drug-likeness (QED) is 0.481. The van der Waals surface area contributed by atoms with E-state index in [1.165, 1.54) is 11.8 Å². The molecule has 0 radical (unpaired) electrons. The van der Waals surface area contributed by atoms with Gasteiger partial charge in [0.1, 0.15) is 12.4 Å². The number of aromatic amines is 1. The van der Waals surface area contributed by atoms with Gasteiger partial charge in [-0.15, -0.1) is 10.2 Å². The maximum atomic E-state index is 12.3. The summed E-state index contributed by atoms with van der Waals surface area (Å²) in [4.78, 5) is 15.6. The molecular formula is C20H17ClN4O2S. The second-order valence-electron chi connectivity index (χ2n) is 6.17. The van der Waals surface area contributed by atoms with Crippen molar-refractivity contribution in [2.75, 3.05) is 0 Å². The zero-order valence-corrected chi connectivity index (χ0v) is 16.6. The molecule has 2 heterocycles. The number of rotatable bonds is 6. The molecule has 2 aromatic heterocycles. The Bertz CT molecular complexity index is 1170. The van der Waals surface area contributed by atoms with E-state index >= 15 is 0 Å². The van der Waals surface area contributed by atoms with Crippen LogP contribution in [0.2, 0.25) is 5.02 Å². The third-order valence-corrected chi connectivity index (χ3v) is 5.65. The van der Waals surface area contributed by atoms with E-state index in [2.05, 4.69) is 15.2 Å². The second-order valence-corrected chi connectivity index (χ2v) is 7.52. The van der Waals surface area contributed by atoms with Gasteiger partial charge in [-0.1, -0.05) is 47.6 Å². The number of pyridine rings is 1. The molecule has 142 valence electrons. The van der Waals surface area contributed by atoms with Crippen molar-refractivity contribution in [1.82, 2.24) is 19.7 Å². The summed E-state index contributed by atoms with van der Waals surface area (Å²) in [6.45, 7) is 0.330. The van der Waals surface area contributed by atoms with Gasteiger partial charge in [-0.2, -0.15) is 0 Å². The Balaban J connectivity index is 1.47. The lowest BCUT2D eigenvalue weighted by Crippen LogP contribution is -2.06. The normalized spacial score (nSPS) is 11.1. The van der Waals surface area contributed by atoms with Crippen LogP contribution >= 0.6 is 23.4 Å². The highest BCUT2D eigenvalue weighted by atomic mass is 35.5. The number of hydrogen-bond acceptors (Lipinski definition) is 5. The average molecular weight is 413 g/mol. The molecule has 0 unspecified atom stereocenters. The SMILES string of the molecule is Cn1c(COc2ccccc2)nnc1SCc1cc(=O)c2cccc(Cl)c2[nH]1. The van der Waals surface area contributed by atoms with Gasteiger partial charge in [0.25, 0.3) is 0 Å². The molecule has 1 N–H and O–H groups in total. The molecule has 0 saturated carbocycles. The lowest BCUT2D eigenvalue weighted by atomic mass is 10.2. The minimum absolute atomic E-state index is 0.0539. The standard InChI is InChI=1S/C20H17ClN4O2S/c1-25-18(11-27-14-6-3-2-4-7-14)23-24-20(25)28-12-13-10-17(26)15-8-5-9-16(21)19(15)22-13/h2-10H,11-12H2,1H3,(H,22,26). The van der Waals surface area contributed by atoms with E-state index in [-0.39, 0.29) is 5.43 Å². The van der Waals surface area contributed by atoms with E-state index in [9.17, 15) is 4.79 Å². The lowest BCUT2D eigenvalue weighted by Gasteiger charge is -2.07. The van der Waals surface area contributed by atoms with Crippen LogP contribution in [0.1, 0.15) is 11.5 Å². The zero-order valence-electron chi connectivity index (χ0n) is 15.1. The predicted octanol–water partition coefficient (Wildman–Crippen LogP) is 4.18. The maximum absolute atomic E-state index is 12.3. The highest BCUT2D eigenvalue weighted by Crippen LogP contribution is 2.23. The van der Waals surface area contributed by atoms with E-state index in [0.717, 1.165) is 22.4 Å². The molecule has 8 heteroatoms. The van der Waals surface area contributed by atoms with Crippen molar-refractivity contribution >= 4 is 34.3 Å². The number of thioether (sulfide) groups is 1. The molecule has 0 saturated heterocycles. The molecule has 4 rings (SSSR count). The van der Waals surface area contributed by atoms with E-state index in [0.29, 0.717) is 28.3 Å². The van der Waals surface area contributed by atoms with Gasteiger partial charge in [0.2, 0.25) is 0 Å². The van der Waals surface area contributed by atoms with Gasteiger partial charge in [0.05, 0.1) is 10.5 Å². The number of hydrogen-bond donors (Lipinski definition) is 1. The van der Waals surface area contributed by atoms with Crippen LogP contribution in [0, 0.1) is 0 Å². The van der Waals surface area contributed by atoms with Crippen LogP contribution in [0.5, 0.6) is 5.75 Å². The summed E-state index contributed by atoms with van der Waals surface area (Å²) in [5, 5.41) is 10.3. The Morgan fingerprint density at radius 2 is 1.96 bits per heavy atom. The van der Waals surface area contributed by atoms with Crippen LogP contribution in [0.25, 0.3) is 10.9 Å². The van der Waals surface area contributed by atoms with Crippen LogP contribution in [-0.2, 0) is 19.4 Å². The predicted molar refractivity (Wildman–Crippen MR) is 111 cm³/mol. The van der Waals surface area contributed by atoms with Crippen molar-refractivity contribution in [2.45, 2.75) is 17.5 Å². The number of benzene rings is 2. The van der Waals surface area contributed by atoms with Crippen LogP contribution < -0.4 is 10.2 Å². The van der Waals surface area contributed by atoms with Crippen LogP contribution in [0.15, 0.2) is 64.5 Å². The number of fused-ring (bicyclic) bond motifs is 1. The largest absolute Gasteiger partial charge is 0.486 e. The molecule has 0 fully saturated rings. The minimum atomic E-state index is -0.0539. The second kappa shape index (κ2) is 8.08. The Hall–Kier alpha value is -2.77. The fourth-order valence-electron chi connectivity index (χ4n) is 2.77. The lowest BCUT2D eigenvalue weighted by molar-refractivity contribution is 0.290. The monoisotopic (exact) mass is 412 g/mol. The van der Waals surface area contributed by atoms with Gasteiger partial charge in [0.15, 0.2) is 16.4 Å².